The van der Waals surface area contributed by atoms with Crippen LogP contribution in [0.5, 0.6) is 5.75 Å². The number of phenols is 1. The van der Waals surface area contributed by atoms with E-state index in [0.717, 1.165) is 17.8 Å². The number of anilines is 1. The van der Waals surface area contributed by atoms with Crippen LogP contribution >= 0.6 is 0 Å². The number of rotatable bonds is 1. The highest BCUT2D eigenvalue weighted by Crippen LogP contribution is 2.34. The molecule has 1 aliphatic heterocycles. The molecule has 100 valence electrons. The molecule has 0 saturated carbocycles. The number of nitrogen functional groups attached to an aromatic ring is 1. The van der Waals surface area contributed by atoms with Crippen LogP contribution in [0.2, 0.25) is 0 Å². The SMILES string of the molecule is CC1Cc2nc(N)nn2CC1c1ccc(O)c(F)c1. The van der Waals surface area contributed by atoms with Gasteiger partial charge in [-0.3, -0.25) is 0 Å². The largest absolute Gasteiger partial charge is 0.505 e. The number of nitrogens with two attached hydrogens (primary N) is 1. The Bertz CT molecular complexity index is 625. The van der Waals surface area contributed by atoms with Crippen molar-refractivity contribution in [1.82, 2.24) is 14.8 Å². The van der Waals surface area contributed by atoms with Gasteiger partial charge in [0.1, 0.15) is 5.82 Å². The fourth-order valence-electron chi connectivity index (χ4n) is 2.68. The van der Waals surface area contributed by atoms with Crippen molar-refractivity contribution in [3.63, 3.8) is 0 Å². The minimum absolute atomic E-state index is 0.142. The van der Waals surface area contributed by atoms with Gasteiger partial charge < -0.3 is 10.8 Å². The van der Waals surface area contributed by atoms with Crippen molar-refractivity contribution in [3.05, 3.63) is 35.4 Å². The fraction of sp³-hybridized carbons (Fsp3) is 0.385. The van der Waals surface area contributed by atoms with Crippen LogP contribution in [0.4, 0.5) is 10.3 Å². The molecule has 0 aliphatic carbocycles. The van der Waals surface area contributed by atoms with Crippen LogP contribution < -0.4 is 5.73 Å². The number of phenolic OH excluding ortho intramolecular Hbond substituents is 1. The van der Waals surface area contributed by atoms with E-state index in [0.29, 0.717) is 12.5 Å². The summed E-state index contributed by atoms with van der Waals surface area (Å²) in [4.78, 5) is 4.18. The van der Waals surface area contributed by atoms with E-state index in [9.17, 15) is 9.50 Å². The van der Waals surface area contributed by atoms with E-state index in [1.54, 1.807) is 10.7 Å². The molecule has 2 unspecified atom stereocenters. The van der Waals surface area contributed by atoms with Crippen molar-refractivity contribution in [2.24, 2.45) is 5.92 Å². The van der Waals surface area contributed by atoms with Crippen molar-refractivity contribution < 1.29 is 9.50 Å². The van der Waals surface area contributed by atoms with E-state index in [2.05, 4.69) is 17.0 Å². The average molecular weight is 262 g/mol. The molecule has 2 aromatic rings. The molecule has 3 N–H and O–H groups in total. The minimum atomic E-state index is -0.589. The molecule has 0 amide bonds. The predicted octanol–water partition coefficient (Wildman–Crippen LogP) is 1.68. The van der Waals surface area contributed by atoms with E-state index in [1.165, 1.54) is 12.1 Å². The van der Waals surface area contributed by atoms with Crippen LogP contribution in [0.15, 0.2) is 18.2 Å². The highest BCUT2D eigenvalue weighted by Gasteiger charge is 2.29. The molecule has 5 nitrogen and oxygen atoms in total. The fourth-order valence-corrected chi connectivity index (χ4v) is 2.68. The Balaban J connectivity index is 1.95. The van der Waals surface area contributed by atoms with Gasteiger partial charge in [0, 0.05) is 12.3 Å². The number of aromatic nitrogens is 3. The Kier molecular flexibility index (Phi) is 2.66. The smallest absolute Gasteiger partial charge is 0.239 e. The quantitative estimate of drug-likeness (QED) is 0.819. The van der Waals surface area contributed by atoms with Crippen LogP contribution in [0.3, 0.4) is 0 Å². The summed E-state index contributed by atoms with van der Waals surface area (Å²) in [6, 6.07) is 4.54. The maximum absolute atomic E-state index is 13.5. The van der Waals surface area contributed by atoms with Gasteiger partial charge in [0.15, 0.2) is 11.6 Å². The van der Waals surface area contributed by atoms with Gasteiger partial charge in [-0.25, -0.2) is 9.07 Å². The standard InChI is InChI=1S/C13H15FN4O/c1-7-4-12-16-13(15)17-18(12)6-9(7)8-2-3-11(19)10(14)5-8/h2-3,5,7,9,19H,4,6H2,1H3,(H2,15,17). The lowest BCUT2D eigenvalue weighted by molar-refractivity contribution is 0.328. The van der Waals surface area contributed by atoms with Gasteiger partial charge in [-0.05, 0) is 23.6 Å². The lowest BCUT2D eigenvalue weighted by Crippen LogP contribution is -2.27. The molecule has 1 aromatic heterocycles. The summed E-state index contributed by atoms with van der Waals surface area (Å²) in [7, 11) is 0. The zero-order valence-electron chi connectivity index (χ0n) is 10.5. The summed E-state index contributed by atoms with van der Waals surface area (Å²) in [5.41, 5.74) is 6.46. The highest BCUT2D eigenvalue weighted by molar-refractivity contribution is 5.31. The Morgan fingerprint density at radius 2 is 2.26 bits per heavy atom. The van der Waals surface area contributed by atoms with Crippen LogP contribution in [0, 0.1) is 11.7 Å². The van der Waals surface area contributed by atoms with Gasteiger partial charge in [-0.15, -0.1) is 5.10 Å². The summed E-state index contributed by atoms with van der Waals surface area (Å²) in [5, 5.41) is 13.4. The summed E-state index contributed by atoms with van der Waals surface area (Å²) >= 11 is 0. The molecule has 6 heteroatoms. The van der Waals surface area contributed by atoms with Crippen LogP contribution in [0.1, 0.15) is 24.2 Å². The number of benzene rings is 1. The molecule has 0 fully saturated rings. The van der Waals surface area contributed by atoms with E-state index in [4.69, 9.17) is 5.73 Å². The second-order valence-electron chi connectivity index (χ2n) is 5.07. The van der Waals surface area contributed by atoms with Gasteiger partial charge in [-0.1, -0.05) is 13.0 Å². The van der Waals surface area contributed by atoms with Crippen molar-refractivity contribution in [2.75, 3.05) is 5.73 Å². The maximum atomic E-state index is 13.5. The molecule has 0 spiro atoms. The molecule has 0 radical (unpaired) electrons. The van der Waals surface area contributed by atoms with Crippen LogP contribution in [-0.4, -0.2) is 19.9 Å². The molecule has 3 rings (SSSR count). The third kappa shape index (κ3) is 2.03. The van der Waals surface area contributed by atoms with Gasteiger partial charge in [0.05, 0.1) is 6.54 Å². The van der Waals surface area contributed by atoms with Gasteiger partial charge in [-0.2, -0.15) is 4.98 Å². The number of hydrogen-bond acceptors (Lipinski definition) is 4. The lowest BCUT2D eigenvalue weighted by Gasteiger charge is -2.29. The maximum Gasteiger partial charge on any atom is 0.239 e. The number of aromatic hydroxyl groups is 1. The molecule has 1 aromatic carbocycles. The van der Waals surface area contributed by atoms with Gasteiger partial charge in [0.25, 0.3) is 0 Å². The molecule has 0 bridgehead atoms. The summed E-state index contributed by atoms with van der Waals surface area (Å²) in [6.45, 7) is 2.73. The summed E-state index contributed by atoms with van der Waals surface area (Å²) in [6.07, 6.45) is 0.761. The number of halogens is 1. The first kappa shape index (κ1) is 12.0. The van der Waals surface area contributed by atoms with Crippen LogP contribution in [0.25, 0.3) is 0 Å². The number of fused-ring (bicyclic) bond motifs is 1. The second kappa shape index (κ2) is 4.22. The molecular formula is C13H15FN4O. The first-order valence-electron chi connectivity index (χ1n) is 6.22. The van der Waals surface area contributed by atoms with Crippen molar-refractivity contribution in [3.8, 4) is 5.75 Å². The molecule has 2 heterocycles. The first-order valence-corrected chi connectivity index (χ1v) is 6.22. The number of hydrogen-bond donors (Lipinski definition) is 2. The Morgan fingerprint density at radius 1 is 1.47 bits per heavy atom. The van der Waals surface area contributed by atoms with Crippen molar-refractivity contribution in [1.29, 1.82) is 0 Å². The van der Waals surface area contributed by atoms with Gasteiger partial charge in [0.2, 0.25) is 5.95 Å². The minimum Gasteiger partial charge on any atom is -0.505 e. The Morgan fingerprint density at radius 3 is 3.00 bits per heavy atom. The molecule has 19 heavy (non-hydrogen) atoms. The Hall–Kier alpha value is -2.11. The predicted molar refractivity (Wildman–Crippen MR) is 68.1 cm³/mol. The second-order valence-corrected chi connectivity index (χ2v) is 5.07. The van der Waals surface area contributed by atoms with E-state index in [-0.39, 0.29) is 17.6 Å². The molecule has 2 atom stereocenters. The van der Waals surface area contributed by atoms with E-state index >= 15 is 0 Å². The summed E-state index contributed by atoms with van der Waals surface area (Å²) in [5.74, 6) is 0.704. The van der Waals surface area contributed by atoms with Crippen molar-refractivity contribution in [2.45, 2.75) is 25.8 Å². The van der Waals surface area contributed by atoms with Crippen molar-refractivity contribution >= 4 is 5.95 Å². The zero-order chi connectivity index (χ0) is 13.6. The molecular weight excluding hydrogens is 247 g/mol. The third-order valence-corrected chi connectivity index (χ3v) is 3.73. The Labute approximate surface area is 109 Å². The highest BCUT2D eigenvalue weighted by atomic mass is 19.1. The summed E-state index contributed by atoms with van der Waals surface area (Å²) < 4.78 is 15.2. The topological polar surface area (TPSA) is 77.0 Å². The number of nitrogens with zero attached hydrogens (tertiary/aromatic N) is 3. The van der Waals surface area contributed by atoms with E-state index in [1.807, 2.05) is 0 Å². The zero-order valence-corrected chi connectivity index (χ0v) is 10.5. The average Bonchev–Trinajstić information content (AvgIpc) is 2.71. The lowest BCUT2D eigenvalue weighted by atomic mass is 9.83. The molecule has 1 aliphatic rings. The first-order chi connectivity index (χ1) is 9.04. The third-order valence-electron chi connectivity index (χ3n) is 3.73. The normalized spacial score (nSPS) is 22.2. The molecule has 0 saturated heterocycles. The van der Waals surface area contributed by atoms with E-state index < -0.39 is 5.82 Å². The monoisotopic (exact) mass is 262 g/mol. The van der Waals surface area contributed by atoms with Crippen LogP contribution in [-0.2, 0) is 13.0 Å². The van der Waals surface area contributed by atoms with Gasteiger partial charge >= 0.3 is 0 Å².